The maximum atomic E-state index is 14.1. The molecule has 0 aromatic heterocycles. The molecular formula is C18H15FIN3O3. The van der Waals surface area contributed by atoms with Crippen LogP contribution in [0.15, 0.2) is 36.4 Å². The van der Waals surface area contributed by atoms with Gasteiger partial charge in [0.25, 0.3) is 5.91 Å². The molecule has 3 rings (SSSR count). The summed E-state index contributed by atoms with van der Waals surface area (Å²) in [7, 11) is 0. The first-order valence-corrected chi connectivity index (χ1v) is 8.91. The largest absolute Gasteiger partial charge is 0.381 e. The number of hydrogen-bond acceptors (Lipinski definition) is 5. The predicted octanol–water partition coefficient (Wildman–Crippen LogP) is 3.35. The maximum Gasteiger partial charge on any atom is 0.276 e. The van der Waals surface area contributed by atoms with Gasteiger partial charge in [-0.2, -0.15) is 5.26 Å². The molecule has 0 atom stereocenters. The molecule has 134 valence electrons. The molecule has 6 nitrogen and oxygen atoms in total. The lowest BCUT2D eigenvalue weighted by atomic mass is 10.1. The number of nitrogens with one attached hydrogen (secondary N) is 2. The Balaban J connectivity index is 1.78. The Kier molecular flexibility index (Phi) is 6.03. The Labute approximate surface area is 163 Å². The number of amides is 1. The Bertz CT molecular complexity index is 865. The lowest BCUT2D eigenvalue weighted by Gasteiger charge is -2.25. The van der Waals surface area contributed by atoms with Gasteiger partial charge in [-0.15, -0.1) is 0 Å². The van der Waals surface area contributed by atoms with Crippen LogP contribution in [0.3, 0.4) is 0 Å². The molecule has 2 aromatic carbocycles. The number of carbonyl (C=O) groups is 1. The van der Waals surface area contributed by atoms with Crippen molar-refractivity contribution in [2.45, 2.75) is 0 Å². The monoisotopic (exact) mass is 467 g/mol. The third-order valence-electron chi connectivity index (χ3n) is 3.78. The zero-order valence-corrected chi connectivity index (χ0v) is 15.7. The highest BCUT2D eigenvalue weighted by Crippen LogP contribution is 2.25. The average molecular weight is 467 g/mol. The number of hydrogen-bond donors (Lipinski definition) is 2. The third-order valence-corrected chi connectivity index (χ3v) is 4.46. The number of rotatable bonds is 6. The van der Waals surface area contributed by atoms with E-state index in [1.54, 1.807) is 12.1 Å². The van der Waals surface area contributed by atoms with E-state index < -0.39 is 11.7 Å². The first-order valence-electron chi connectivity index (χ1n) is 7.83. The second-order valence-electron chi connectivity index (χ2n) is 5.77. The summed E-state index contributed by atoms with van der Waals surface area (Å²) in [6, 6.07) is 11.2. The minimum atomic E-state index is -0.483. The molecule has 0 spiro atoms. The van der Waals surface area contributed by atoms with Gasteiger partial charge in [-0.3, -0.25) is 9.63 Å². The Morgan fingerprint density at radius 2 is 2.12 bits per heavy atom. The minimum absolute atomic E-state index is 0.210. The maximum absolute atomic E-state index is 14.1. The van der Waals surface area contributed by atoms with Crippen molar-refractivity contribution in [3.8, 4) is 6.07 Å². The van der Waals surface area contributed by atoms with E-state index in [1.165, 1.54) is 24.3 Å². The molecule has 0 bridgehead atoms. The van der Waals surface area contributed by atoms with Crippen LogP contribution in [0.4, 0.5) is 15.8 Å². The summed E-state index contributed by atoms with van der Waals surface area (Å²) < 4.78 is 19.9. The van der Waals surface area contributed by atoms with Crippen LogP contribution < -0.4 is 10.8 Å². The van der Waals surface area contributed by atoms with E-state index in [-0.39, 0.29) is 17.2 Å². The van der Waals surface area contributed by atoms with Gasteiger partial charge in [-0.1, -0.05) is 0 Å². The molecule has 2 N–H and O–H groups in total. The van der Waals surface area contributed by atoms with E-state index in [4.69, 9.17) is 14.8 Å². The van der Waals surface area contributed by atoms with Gasteiger partial charge in [0.15, 0.2) is 0 Å². The summed E-state index contributed by atoms with van der Waals surface area (Å²) in [5.41, 5.74) is 3.49. The molecule has 0 unspecified atom stereocenters. The highest BCUT2D eigenvalue weighted by molar-refractivity contribution is 14.1. The zero-order valence-electron chi connectivity index (χ0n) is 13.6. The number of halogens is 2. The Hall–Kier alpha value is -2.22. The number of anilines is 2. The number of carbonyl (C=O) groups excluding carboxylic acids is 1. The highest BCUT2D eigenvalue weighted by atomic mass is 127. The summed E-state index contributed by atoms with van der Waals surface area (Å²) in [5.74, 6) is -0.662. The number of hydroxylamine groups is 1. The second kappa shape index (κ2) is 8.44. The van der Waals surface area contributed by atoms with Crippen LogP contribution in [0.5, 0.6) is 0 Å². The van der Waals surface area contributed by atoms with Gasteiger partial charge in [-0.05, 0) is 59.0 Å². The molecule has 2 aromatic rings. The predicted molar refractivity (Wildman–Crippen MR) is 101 cm³/mol. The highest BCUT2D eigenvalue weighted by Gasteiger charge is 2.20. The number of ether oxygens (including phenoxy) is 1. The van der Waals surface area contributed by atoms with Crippen LogP contribution >= 0.6 is 22.6 Å². The Morgan fingerprint density at radius 3 is 2.77 bits per heavy atom. The van der Waals surface area contributed by atoms with Crippen molar-refractivity contribution >= 4 is 39.9 Å². The normalized spacial score (nSPS) is 13.6. The van der Waals surface area contributed by atoms with Gasteiger partial charge in [-0.25, -0.2) is 9.87 Å². The second-order valence-corrected chi connectivity index (χ2v) is 7.01. The van der Waals surface area contributed by atoms with E-state index in [2.05, 4.69) is 10.8 Å². The van der Waals surface area contributed by atoms with Crippen LogP contribution in [-0.4, -0.2) is 25.7 Å². The molecule has 26 heavy (non-hydrogen) atoms. The van der Waals surface area contributed by atoms with E-state index >= 15 is 0 Å². The van der Waals surface area contributed by atoms with Gasteiger partial charge < -0.3 is 10.1 Å². The molecule has 8 heteroatoms. The van der Waals surface area contributed by atoms with Crippen LogP contribution in [0, 0.1) is 26.6 Å². The summed E-state index contributed by atoms with van der Waals surface area (Å²) >= 11 is 2.01. The standard InChI is InChI=1S/C18H15FIN3O3/c19-15-6-13(20)2-4-16(15)22-17-5-11(7-21)1-3-14(17)18(24)23-26-10-12-8-25-9-12/h1-6,12,22H,8-10H2,(H,23,24). The van der Waals surface area contributed by atoms with Crippen molar-refractivity contribution in [3.05, 3.63) is 56.9 Å². The van der Waals surface area contributed by atoms with Gasteiger partial charge in [0.1, 0.15) is 5.82 Å². The summed E-state index contributed by atoms with van der Waals surface area (Å²) in [6.45, 7) is 1.59. The van der Waals surface area contributed by atoms with Crippen LogP contribution in [0.2, 0.25) is 0 Å². The van der Waals surface area contributed by atoms with Crippen LogP contribution in [0.1, 0.15) is 15.9 Å². The Morgan fingerprint density at radius 1 is 1.31 bits per heavy atom. The molecule has 1 heterocycles. The van der Waals surface area contributed by atoms with Crippen molar-refractivity contribution < 1.29 is 18.8 Å². The molecule has 1 saturated heterocycles. The SMILES string of the molecule is N#Cc1ccc(C(=O)NOCC2COC2)c(Nc2ccc(I)cc2F)c1. The third kappa shape index (κ3) is 4.49. The molecule has 1 aliphatic rings. The fourth-order valence-electron chi connectivity index (χ4n) is 2.31. The molecule has 0 aliphatic carbocycles. The topological polar surface area (TPSA) is 83.4 Å². The van der Waals surface area contributed by atoms with Gasteiger partial charge >= 0.3 is 0 Å². The summed E-state index contributed by atoms with van der Waals surface area (Å²) in [5, 5.41) is 12.0. The average Bonchev–Trinajstić information content (AvgIpc) is 2.59. The first-order chi connectivity index (χ1) is 12.6. The van der Waals surface area contributed by atoms with Crippen molar-refractivity contribution in [1.82, 2.24) is 5.48 Å². The fraction of sp³-hybridized carbons (Fsp3) is 0.222. The van der Waals surface area contributed by atoms with E-state index in [9.17, 15) is 9.18 Å². The van der Waals surface area contributed by atoms with Crippen molar-refractivity contribution in [1.29, 1.82) is 5.26 Å². The van der Waals surface area contributed by atoms with Crippen molar-refractivity contribution in [3.63, 3.8) is 0 Å². The number of nitriles is 1. The van der Waals surface area contributed by atoms with Gasteiger partial charge in [0.05, 0.1) is 48.4 Å². The number of benzene rings is 2. The fourth-order valence-corrected chi connectivity index (χ4v) is 2.77. The lowest BCUT2D eigenvalue weighted by Crippen LogP contribution is -2.35. The lowest BCUT2D eigenvalue weighted by molar-refractivity contribution is -0.0864. The van der Waals surface area contributed by atoms with Crippen LogP contribution in [0.25, 0.3) is 0 Å². The van der Waals surface area contributed by atoms with E-state index in [0.717, 1.165) is 3.57 Å². The zero-order chi connectivity index (χ0) is 18.5. The minimum Gasteiger partial charge on any atom is -0.381 e. The molecule has 0 radical (unpaired) electrons. The molecule has 0 saturated carbocycles. The molecule has 1 amide bonds. The summed E-state index contributed by atoms with van der Waals surface area (Å²) in [4.78, 5) is 17.6. The first kappa shape index (κ1) is 18.6. The molecular weight excluding hydrogens is 452 g/mol. The van der Waals surface area contributed by atoms with Gasteiger partial charge in [0.2, 0.25) is 0 Å². The quantitative estimate of drug-likeness (QED) is 0.503. The smallest absolute Gasteiger partial charge is 0.276 e. The molecule has 1 fully saturated rings. The van der Waals surface area contributed by atoms with E-state index in [1.807, 2.05) is 28.7 Å². The van der Waals surface area contributed by atoms with E-state index in [0.29, 0.717) is 31.1 Å². The van der Waals surface area contributed by atoms with Crippen LogP contribution in [-0.2, 0) is 9.57 Å². The number of nitrogens with zero attached hydrogens (tertiary/aromatic N) is 1. The van der Waals surface area contributed by atoms with Crippen molar-refractivity contribution in [2.75, 3.05) is 25.1 Å². The molecule has 1 aliphatic heterocycles. The van der Waals surface area contributed by atoms with Crippen molar-refractivity contribution in [2.24, 2.45) is 5.92 Å². The summed E-state index contributed by atoms with van der Waals surface area (Å²) in [6.07, 6.45) is 0. The van der Waals surface area contributed by atoms with Gasteiger partial charge in [0, 0.05) is 9.49 Å².